The first-order valence-corrected chi connectivity index (χ1v) is 9.65. The average molecular weight is 384 g/mol. The number of carbonyl (C=O) groups excluding carboxylic acids is 1. The lowest BCUT2D eigenvalue weighted by atomic mass is 10.0. The van der Waals surface area contributed by atoms with E-state index in [0.29, 0.717) is 17.3 Å². The van der Waals surface area contributed by atoms with Crippen LogP contribution in [0.15, 0.2) is 60.9 Å². The third kappa shape index (κ3) is 3.48. The van der Waals surface area contributed by atoms with Crippen molar-refractivity contribution >= 4 is 22.6 Å². The Balaban J connectivity index is 1.46. The van der Waals surface area contributed by atoms with Gasteiger partial charge in [-0.15, -0.1) is 0 Å². The normalized spacial score (nSPS) is 16.2. The van der Waals surface area contributed by atoms with E-state index in [1.165, 1.54) is 0 Å². The number of nitrogens with one attached hydrogen (secondary N) is 3. The molecule has 7 nitrogen and oxygen atoms in total. The highest BCUT2D eigenvalue weighted by atomic mass is 16.1. The number of anilines is 1. The third-order valence-electron chi connectivity index (χ3n) is 5.26. The molecule has 29 heavy (non-hydrogen) atoms. The number of aromatic amines is 1. The fourth-order valence-corrected chi connectivity index (χ4v) is 3.70. The molecule has 0 saturated carbocycles. The van der Waals surface area contributed by atoms with Crippen LogP contribution in [0.1, 0.15) is 28.4 Å². The van der Waals surface area contributed by atoms with E-state index in [-0.39, 0.29) is 5.91 Å². The van der Waals surface area contributed by atoms with E-state index >= 15 is 0 Å². The van der Waals surface area contributed by atoms with Gasteiger partial charge in [0, 0.05) is 40.9 Å². The molecule has 1 unspecified atom stereocenters. The minimum atomic E-state index is -0.194. The summed E-state index contributed by atoms with van der Waals surface area (Å²) in [5.41, 5.74) is 4.36. The molecule has 1 atom stereocenters. The first kappa shape index (κ1) is 17.5. The summed E-state index contributed by atoms with van der Waals surface area (Å²) >= 11 is 0. The summed E-state index contributed by atoms with van der Waals surface area (Å²) in [6.45, 7) is 1.97. The molecule has 1 aliphatic heterocycles. The van der Waals surface area contributed by atoms with E-state index in [4.69, 9.17) is 4.98 Å². The molecule has 1 saturated heterocycles. The maximum atomic E-state index is 12.5. The zero-order valence-electron chi connectivity index (χ0n) is 15.7. The number of aromatic nitrogens is 4. The third-order valence-corrected chi connectivity index (χ3v) is 5.26. The SMILES string of the molecule is O=C(Nc1ccccn1)c1ccc(-c2nc(C3CCNC3)cc3cn[nH]c23)cc1. The molecule has 1 aliphatic rings. The van der Waals surface area contributed by atoms with Crippen LogP contribution in [-0.2, 0) is 0 Å². The van der Waals surface area contributed by atoms with E-state index in [0.717, 1.165) is 47.4 Å². The van der Waals surface area contributed by atoms with Gasteiger partial charge in [-0.1, -0.05) is 18.2 Å². The molecular formula is C22H20N6O. The van der Waals surface area contributed by atoms with Crippen LogP contribution in [0.4, 0.5) is 5.82 Å². The summed E-state index contributed by atoms with van der Waals surface area (Å²) in [6.07, 6.45) is 4.57. The zero-order valence-corrected chi connectivity index (χ0v) is 15.7. The van der Waals surface area contributed by atoms with Crippen molar-refractivity contribution < 1.29 is 4.79 Å². The number of rotatable bonds is 4. The molecule has 3 N–H and O–H groups in total. The number of hydrogen-bond donors (Lipinski definition) is 3. The summed E-state index contributed by atoms with van der Waals surface area (Å²) in [4.78, 5) is 21.5. The van der Waals surface area contributed by atoms with Gasteiger partial charge in [0.05, 0.1) is 17.4 Å². The standard InChI is InChI=1S/C22H20N6O/c29-22(27-19-3-1-2-9-24-19)15-6-4-14(5-7-15)20-21-17(13-25-28-21)11-18(26-20)16-8-10-23-12-16/h1-7,9,11,13,16,23H,8,10,12H2,(H,25,28)(H,24,27,29). The highest BCUT2D eigenvalue weighted by Crippen LogP contribution is 2.30. The number of H-pyrrole nitrogens is 1. The summed E-state index contributed by atoms with van der Waals surface area (Å²) < 4.78 is 0. The predicted molar refractivity (Wildman–Crippen MR) is 112 cm³/mol. The van der Waals surface area contributed by atoms with Crippen LogP contribution in [0.25, 0.3) is 22.2 Å². The van der Waals surface area contributed by atoms with Crippen LogP contribution < -0.4 is 10.6 Å². The maximum Gasteiger partial charge on any atom is 0.256 e. The molecule has 0 bridgehead atoms. The van der Waals surface area contributed by atoms with Crippen LogP contribution in [0.2, 0.25) is 0 Å². The fourth-order valence-electron chi connectivity index (χ4n) is 3.70. The van der Waals surface area contributed by atoms with Gasteiger partial charge in [0.25, 0.3) is 5.91 Å². The van der Waals surface area contributed by atoms with Crippen molar-refractivity contribution in [1.82, 2.24) is 25.5 Å². The topological polar surface area (TPSA) is 95.6 Å². The van der Waals surface area contributed by atoms with Gasteiger partial charge in [-0.3, -0.25) is 14.9 Å². The van der Waals surface area contributed by atoms with Gasteiger partial charge in [-0.2, -0.15) is 5.10 Å². The molecule has 1 fully saturated rings. The molecule has 4 heterocycles. The van der Waals surface area contributed by atoms with Crippen molar-refractivity contribution in [3.8, 4) is 11.3 Å². The Morgan fingerprint density at radius 3 is 2.79 bits per heavy atom. The molecule has 4 aromatic rings. The van der Waals surface area contributed by atoms with Gasteiger partial charge in [-0.25, -0.2) is 4.98 Å². The molecule has 7 heteroatoms. The fraction of sp³-hybridized carbons (Fsp3) is 0.182. The Morgan fingerprint density at radius 2 is 2.03 bits per heavy atom. The van der Waals surface area contributed by atoms with Gasteiger partial charge in [0.2, 0.25) is 0 Å². The van der Waals surface area contributed by atoms with Gasteiger partial charge in [0.15, 0.2) is 0 Å². The van der Waals surface area contributed by atoms with Crippen LogP contribution in [-0.4, -0.2) is 39.2 Å². The van der Waals surface area contributed by atoms with Crippen molar-refractivity contribution in [1.29, 1.82) is 0 Å². The van der Waals surface area contributed by atoms with E-state index in [1.54, 1.807) is 24.4 Å². The Kier molecular flexibility index (Phi) is 4.50. The second-order valence-electron chi connectivity index (χ2n) is 7.17. The molecule has 144 valence electrons. The average Bonchev–Trinajstić information content (AvgIpc) is 3.46. The lowest BCUT2D eigenvalue weighted by Crippen LogP contribution is -2.12. The minimum Gasteiger partial charge on any atom is -0.316 e. The Hall–Kier alpha value is -3.58. The molecule has 0 aliphatic carbocycles. The lowest BCUT2D eigenvalue weighted by molar-refractivity contribution is 0.102. The smallest absolute Gasteiger partial charge is 0.256 e. The Morgan fingerprint density at radius 1 is 1.14 bits per heavy atom. The predicted octanol–water partition coefficient (Wildman–Crippen LogP) is 3.35. The molecule has 1 amide bonds. The Labute approximate surface area is 167 Å². The van der Waals surface area contributed by atoms with Crippen molar-refractivity contribution in [3.05, 3.63) is 72.2 Å². The number of pyridine rings is 2. The van der Waals surface area contributed by atoms with Crippen LogP contribution in [0.3, 0.4) is 0 Å². The minimum absolute atomic E-state index is 0.194. The highest BCUT2D eigenvalue weighted by molar-refractivity contribution is 6.04. The van der Waals surface area contributed by atoms with Crippen molar-refractivity contribution in [3.63, 3.8) is 0 Å². The second kappa shape index (κ2) is 7.44. The maximum absolute atomic E-state index is 12.5. The number of amides is 1. The summed E-state index contributed by atoms with van der Waals surface area (Å²) in [6, 6.07) is 15.0. The monoisotopic (exact) mass is 384 g/mol. The molecular weight excluding hydrogens is 364 g/mol. The van der Waals surface area contributed by atoms with Crippen molar-refractivity contribution in [2.45, 2.75) is 12.3 Å². The molecule has 5 rings (SSSR count). The number of nitrogens with zero attached hydrogens (tertiary/aromatic N) is 3. The first-order chi connectivity index (χ1) is 14.3. The number of carbonyl (C=O) groups is 1. The zero-order chi connectivity index (χ0) is 19.6. The van der Waals surface area contributed by atoms with Crippen LogP contribution in [0.5, 0.6) is 0 Å². The number of hydrogen-bond acceptors (Lipinski definition) is 5. The summed E-state index contributed by atoms with van der Waals surface area (Å²) in [5, 5.41) is 14.5. The van der Waals surface area contributed by atoms with E-state index < -0.39 is 0 Å². The van der Waals surface area contributed by atoms with E-state index in [9.17, 15) is 4.79 Å². The lowest BCUT2D eigenvalue weighted by Gasteiger charge is -2.11. The number of fused-ring (bicyclic) bond motifs is 1. The van der Waals surface area contributed by atoms with Crippen LogP contribution in [0, 0.1) is 0 Å². The van der Waals surface area contributed by atoms with Gasteiger partial charge in [0.1, 0.15) is 5.82 Å². The first-order valence-electron chi connectivity index (χ1n) is 9.65. The van der Waals surface area contributed by atoms with Crippen molar-refractivity contribution in [2.24, 2.45) is 0 Å². The van der Waals surface area contributed by atoms with E-state index in [1.807, 2.05) is 30.5 Å². The van der Waals surface area contributed by atoms with Crippen LogP contribution >= 0.6 is 0 Å². The molecule has 1 aromatic carbocycles. The van der Waals surface area contributed by atoms with Crippen molar-refractivity contribution in [2.75, 3.05) is 18.4 Å². The molecule has 0 spiro atoms. The summed E-state index contributed by atoms with van der Waals surface area (Å²) in [7, 11) is 0. The molecule has 0 radical (unpaired) electrons. The van der Waals surface area contributed by atoms with Gasteiger partial charge < -0.3 is 10.6 Å². The second-order valence-corrected chi connectivity index (χ2v) is 7.17. The summed E-state index contributed by atoms with van der Waals surface area (Å²) in [5.74, 6) is 0.748. The Bertz CT molecular complexity index is 1150. The number of benzene rings is 1. The van der Waals surface area contributed by atoms with E-state index in [2.05, 4.69) is 31.9 Å². The highest BCUT2D eigenvalue weighted by Gasteiger charge is 2.20. The van der Waals surface area contributed by atoms with Gasteiger partial charge >= 0.3 is 0 Å². The largest absolute Gasteiger partial charge is 0.316 e. The molecule has 3 aromatic heterocycles. The van der Waals surface area contributed by atoms with Gasteiger partial charge in [-0.05, 0) is 43.3 Å². The quantitative estimate of drug-likeness (QED) is 0.501.